The van der Waals surface area contributed by atoms with Crippen molar-refractivity contribution in [3.63, 3.8) is 0 Å². The molecule has 1 N–H and O–H groups in total. The molecular weight excluding hydrogens is 328 g/mol. The lowest BCUT2D eigenvalue weighted by molar-refractivity contribution is 0.164. The maximum absolute atomic E-state index is 5.86. The molecule has 1 saturated heterocycles. The van der Waals surface area contributed by atoms with E-state index < -0.39 is 0 Å². The number of fused-ring (bicyclic) bond motifs is 1. The van der Waals surface area contributed by atoms with Crippen LogP contribution in [0.2, 0.25) is 0 Å². The number of likely N-dealkylation sites (tertiary alicyclic amines) is 1. The molecule has 2 aliphatic heterocycles. The first-order valence-electron chi connectivity index (χ1n) is 8.13. The Bertz CT molecular complexity index is 492. The lowest BCUT2D eigenvalue weighted by atomic mass is 9.97. The maximum atomic E-state index is 5.86. The van der Waals surface area contributed by atoms with Crippen molar-refractivity contribution < 1.29 is 4.74 Å². The molecule has 0 radical (unpaired) electrons. The van der Waals surface area contributed by atoms with Crippen LogP contribution in [0.25, 0.3) is 0 Å². The van der Waals surface area contributed by atoms with E-state index in [4.69, 9.17) is 4.74 Å². The second kappa shape index (κ2) is 7.12. The fourth-order valence-electron chi connectivity index (χ4n) is 3.51. The van der Waals surface area contributed by atoms with Gasteiger partial charge < -0.3 is 10.1 Å². The van der Waals surface area contributed by atoms with E-state index in [0.29, 0.717) is 0 Å². The first-order valence-corrected chi connectivity index (χ1v) is 8.92. The maximum Gasteiger partial charge on any atom is 0.127 e. The predicted molar refractivity (Wildman–Crippen MR) is 89.9 cm³/mol. The summed E-state index contributed by atoms with van der Waals surface area (Å²) in [4.78, 5) is 2.59. The van der Waals surface area contributed by atoms with Gasteiger partial charge in [-0.05, 0) is 56.1 Å². The van der Waals surface area contributed by atoms with Gasteiger partial charge in [0.2, 0.25) is 0 Å². The Labute approximate surface area is 136 Å². The summed E-state index contributed by atoms with van der Waals surface area (Å²) in [5.74, 6) is 1.94. The number of nitrogens with one attached hydrogen (secondary N) is 1. The molecule has 3 rings (SSSR count). The Kier molecular flexibility index (Phi) is 5.19. The van der Waals surface area contributed by atoms with Gasteiger partial charge in [-0.3, -0.25) is 4.90 Å². The van der Waals surface area contributed by atoms with Gasteiger partial charge in [-0.25, -0.2) is 0 Å². The second-order valence-electron chi connectivity index (χ2n) is 6.20. The quantitative estimate of drug-likeness (QED) is 0.880. The minimum atomic E-state index is 0.791. The fraction of sp³-hybridized carbons (Fsp3) is 0.647. The van der Waals surface area contributed by atoms with Crippen LogP contribution in [-0.4, -0.2) is 37.7 Å². The van der Waals surface area contributed by atoms with E-state index in [-0.39, 0.29) is 0 Å². The van der Waals surface area contributed by atoms with E-state index >= 15 is 0 Å². The van der Waals surface area contributed by atoms with E-state index in [1.54, 1.807) is 0 Å². The zero-order valence-corrected chi connectivity index (χ0v) is 14.4. The molecule has 3 nitrogen and oxygen atoms in total. The first kappa shape index (κ1) is 15.3. The van der Waals surface area contributed by atoms with Crippen molar-refractivity contribution in [2.75, 3.05) is 32.8 Å². The van der Waals surface area contributed by atoms with Gasteiger partial charge in [-0.1, -0.05) is 22.9 Å². The summed E-state index contributed by atoms with van der Waals surface area (Å²) in [5, 5.41) is 3.49. The molecule has 0 saturated carbocycles. The monoisotopic (exact) mass is 352 g/mol. The molecule has 0 amide bonds. The number of rotatable bonds is 5. The number of halogens is 1. The highest BCUT2D eigenvalue weighted by Crippen LogP contribution is 2.34. The van der Waals surface area contributed by atoms with Gasteiger partial charge in [-0.2, -0.15) is 0 Å². The van der Waals surface area contributed by atoms with Crippen LogP contribution in [0.5, 0.6) is 5.75 Å². The Balaban J connectivity index is 1.66. The Hall–Kier alpha value is -0.580. The molecule has 116 valence electrons. The number of benzene rings is 1. The predicted octanol–water partition coefficient (Wildman–Crippen LogP) is 3.21. The highest BCUT2D eigenvalue weighted by Gasteiger charge is 2.23. The van der Waals surface area contributed by atoms with Crippen LogP contribution in [0.4, 0.5) is 0 Å². The zero-order valence-electron chi connectivity index (χ0n) is 12.8. The highest BCUT2D eigenvalue weighted by molar-refractivity contribution is 9.10. The number of ether oxygens (including phenoxy) is 1. The Morgan fingerprint density at radius 2 is 2.33 bits per heavy atom. The van der Waals surface area contributed by atoms with E-state index in [0.717, 1.165) is 44.3 Å². The van der Waals surface area contributed by atoms with Crippen molar-refractivity contribution in [2.24, 2.45) is 5.92 Å². The average Bonchev–Trinajstić information content (AvgIpc) is 2.94. The van der Waals surface area contributed by atoms with Crippen molar-refractivity contribution in [3.05, 3.63) is 27.7 Å². The molecule has 1 fully saturated rings. The summed E-state index contributed by atoms with van der Waals surface area (Å²) in [7, 11) is 0. The van der Waals surface area contributed by atoms with E-state index in [1.807, 2.05) is 0 Å². The standard InChI is InChI=1S/C17H25BrN2O/c1-2-19-10-13-4-3-6-20(11-13)12-15-9-16(18)8-14-5-7-21-17(14)15/h8-9,13,19H,2-7,10-12H2,1H3. The summed E-state index contributed by atoms with van der Waals surface area (Å²) < 4.78 is 7.04. The van der Waals surface area contributed by atoms with E-state index in [1.165, 1.54) is 41.5 Å². The number of hydrogen-bond donors (Lipinski definition) is 1. The molecule has 21 heavy (non-hydrogen) atoms. The van der Waals surface area contributed by atoms with E-state index in [2.05, 4.69) is 45.2 Å². The van der Waals surface area contributed by atoms with Gasteiger partial charge in [0.05, 0.1) is 6.61 Å². The van der Waals surface area contributed by atoms with Crippen molar-refractivity contribution in [1.82, 2.24) is 10.2 Å². The SMILES string of the molecule is CCNCC1CCCN(Cc2cc(Br)cc3c2OCC3)C1. The van der Waals surface area contributed by atoms with Crippen LogP contribution in [-0.2, 0) is 13.0 Å². The largest absolute Gasteiger partial charge is 0.493 e. The van der Waals surface area contributed by atoms with Crippen LogP contribution in [0.3, 0.4) is 0 Å². The number of hydrogen-bond acceptors (Lipinski definition) is 3. The molecule has 1 unspecified atom stereocenters. The van der Waals surface area contributed by atoms with Gasteiger partial charge in [-0.15, -0.1) is 0 Å². The summed E-state index contributed by atoms with van der Waals surface area (Å²) in [6.45, 7) is 8.68. The summed E-state index contributed by atoms with van der Waals surface area (Å²) in [6.07, 6.45) is 3.72. The zero-order chi connectivity index (χ0) is 14.7. The molecule has 0 aliphatic carbocycles. The van der Waals surface area contributed by atoms with Gasteiger partial charge in [0.15, 0.2) is 0 Å². The topological polar surface area (TPSA) is 24.5 Å². The van der Waals surface area contributed by atoms with Gasteiger partial charge in [0.1, 0.15) is 5.75 Å². The molecule has 2 aliphatic rings. The van der Waals surface area contributed by atoms with Crippen LogP contribution in [0.1, 0.15) is 30.9 Å². The number of nitrogens with zero attached hydrogens (tertiary/aromatic N) is 1. The molecule has 0 aromatic heterocycles. The summed E-state index contributed by atoms with van der Waals surface area (Å²) >= 11 is 3.64. The minimum Gasteiger partial charge on any atom is -0.493 e. The average molecular weight is 353 g/mol. The Morgan fingerprint density at radius 3 is 3.19 bits per heavy atom. The molecule has 4 heteroatoms. The van der Waals surface area contributed by atoms with Crippen LogP contribution in [0.15, 0.2) is 16.6 Å². The molecular formula is C17H25BrN2O. The second-order valence-corrected chi connectivity index (χ2v) is 7.12. The van der Waals surface area contributed by atoms with Gasteiger partial charge in [0.25, 0.3) is 0 Å². The molecule has 0 spiro atoms. The van der Waals surface area contributed by atoms with Crippen molar-refractivity contribution in [3.8, 4) is 5.75 Å². The van der Waals surface area contributed by atoms with Crippen LogP contribution in [0, 0.1) is 5.92 Å². The molecule has 1 aromatic rings. The lowest BCUT2D eigenvalue weighted by Gasteiger charge is -2.33. The lowest BCUT2D eigenvalue weighted by Crippen LogP contribution is -2.39. The van der Waals surface area contributed by atoms with E-state index in [9.17, 15) is 0 Å². The third kappa shape index (κ3) is 3.79. The van der Waals surface area contributed by atoms with Crippen LogP contribution >= 0.6 is 15.9 Å². The normalized spacial score (nSPS) is 22.1. The van der Waals surface area contributed by atoms with Gasteiger partial charge in [0, 0.05) is 29.5 Å². The highest BCUT2D eigenvalue weighted by atomic mass is 79.9. The molecule has 1 atom stereocenters. The summed E-state index contributed by atoms with van der Waals surface area (Å²) in [6, 6.07) is 4.44. The van der Waals surface area contributed by atoms with Crippen molar-refractivity contribution in [2.45, 2.75) is 32.7 Å². The van der Waals surface area contributed by atoms with Gasteiger partial charge >= 0.3 is 0 Å². The third-order valence-corrected chi connectivity index (χ3v) is 4.96. The molecule has 0 bridgehead atoms. The van der Waals surface area contributed by atoms with Crippen LogP contribution < -0.4 is 10.1 Å². The molecule has 1 aromatic carbocycles. The summed E-state index contributed by atoms with van der Waals surface area (Å²) in [5.41, 5.74) is 2.71. The Morgan fingerprint density at radius 1 is 1.43 bits per heavy atom. The molecule has 2 heterocycles. The number of piperidine rings is 1. The first-order chi connectivity index (χ1) is 10.3. The smallest absolute Gasteiger partial charge is 0.127 e. The fourth-order valence-corrected chi connectivity index (χ4v) is 4.07. The van der Waals surface area contributed by atoms with Crippen molar-refractivity contribution in [1.29, 1.82) is 0 Å². The minimum absolute atomic E-state index is 0.791. The van der Waals surface area contributed by atoms with Crippen molar-refractivity contribution >= 4 is 15.9 Å². The third-order valence-electron chi connectivity index (χ3n) is 4.51.